The number of rotatable bonds is 37. The normalized spacial score (nSPS) is 17.1. The van der Waals surface area contributed by atoms with E-state index in [1.807, 2.05) is 0 Å². The first-order chi connectivity index (χ1) is 23.7. The van der Waals surface area contributed by atoms with Gasteiger partial charge in [-0.2, -0.15) is 0 Å². The van der Waals surface area contributed by atoms with Crippen LogP contribution < -0.4 is 0 Å². The number of hydrogen-bond acceptors (Lipinski definition) is 0. The standard InChI is InChI=1S/C46H94N2/c1-3-5-7-9-11-13-19-23-27-31-39-47(43-35-36-44-47)41-33-29-25-21-17-15-16-18-22-26-30-34-42-48(45-37-38-46-48)40-32-28-24-20-14-12-10-8-6-4-2/h3-46H2,1-2H3/q+2. The van der Waals surface area contributed by atoms with Gasteiger partial charge in [0.1, 0.15) is 0 Å². The molecule has 0 spiro atoms. The molecule has 0 N–H and O–H groups in total. The Kier molecular flexibility index (Phi) is 29.1. The number of hydrogen-bond donors (Lipinski definition) is 0. The van der Waals surface area contributed by atoms with Crippen LogP contribution in [-0.2, 0) is 0 Å². The molecule has 2 heteroatoms. The molecule has 2 saturated heterocycles. The van der Waals surface area contributed by atoms with Crippen LogP contribution in [0.1, 0.15) is 245 Å². The van der Waals surface area contributed by atoms with Gasteiger partial charge in [-0.1, -0.05) is 168 Å². The Labute approximate surface area is 305 Å². The van der Waals surface area contributed by atoms with Gasteiger partial charge in [-0.3, -0.25) is 0 Å². The van der Waals surface area contributed by atoms with Crippen molar-refractivity contribution < 1.29 is 8.97 Å². The monoisotopic (exact) mass is 675 g/mol. The fourth-order valence-electron chi connectivity index (χ4n) is 9.66. The van der Waals surface area contributed by atoms with Crippen LogP contribution in [0.5, 0.6) is 0 Å². The van der Waals surface area contributed by atoms with Gasteiger partial charge in [0, 0.05) is 25.7 Å². The summed E-state index contributed by atoms with van der Waals surface area (Å²) in [6.45, 7) is 16.6. The number of nitrogens with zero attached hydrogens (tertiary/aromatic N) is 2. The van der Waals surface area contributed by atoms with Crippen molar-refractivity contribution in [1.29, 1.82) is 0 Å². The molecule has 2 nitrogen and oxygen atoms in total. The first-order valence-corrected chi connectivity index (χ1v) is 23.4. The highest BCUT2D eigenvalue weighted by molar-refractivity contribution is 4.59. The largest absolute Gasteiger partial charge is 0.324 e. The van der Waals surface area contributed by atoms with Crippen LogP contribution in [0.25, 0.3) is 0 Å². The van der Waals surface area contributed by atoms with Gasteiger partial charge in [0.05, 0.1) is 52.4 Å². The summed E-state index contributed by atoms with van der Waals surface area (Å²) in [5, 5.41) is 0. The Balaban J connectivity index is 1.35. The molecule has 0 aromatic rings. The first kappa shape index (κ1) is 44.1. The lowest BCUT2D eigenvalue weighted by Gasteiger charge is -2.34. The molecule has 2 aliphatic rings. The summed E-state index contributed by atoms with van der Waals surface area (Å²) in [5.41, 5.74) is 0. The Morgan fingerprint density at radius 2 is 0.396 bits per heavy atom. The molecule has 2 rings (SSSR count). The van der Waals surface area contributed by atoms with Crippen LogP contribution in [-0.4, -0.2) is 61.3 Å². The molecule has 0 atom stereocenters. The van der Waals surface area contributed by atoms with E-state index in [2.05, 4.69) is 13.8 Å². The van der Waals surface area contributed by atoms with Gasteiger partial charge in [0.25, 0.3) is 0 Å². The van der Waals surface area contributed by atoms with E-state index in [1.165, 1.54) is 292 Å². The maximum Gasteiger partial charge on any atom is 0.0788 e. The molecule has 0 bridgehead atoms. The van der Waals surface area contributed by atoms with Gasteiger partial charge in [0.15, 0.2) is 0 Å². The van der Waals surface area contributed by atoms with Gasteiger partial charge in [-0.25, -0.2) is 0 Å². The molecule has 0 unspecified atom stereocenters. The first-order valence-electron chi connectivity index (χ1n) is 23.4. The van der Waals surface area contributed by atoms with E-state index < -0.39 is 0 Å². The summed E-state index contributed by atoms with van der Waals surface area (Å²) in [4.78, 5) is 0. The third-order valence-electron chi connectivity index (χ3n) is 13.0. The zero-order valence-corrected chi connectivity index (χ0v) is 34.0. The Morgan fingerprint density at radius 1 is 0.229 bits per heavy atom. The van der Waals surface area contributed by atoms with Crippen molar-refractivity contribution >= 4 is 0 Å². The fourth-order valence-corrected chi connectivity index (χ4v) is 9.66. The van der Waals surface area contributed by atoms with Crippen molar-refractivity contribution in [3.05, 3.63) is 0 Å². The van der Waals surface area contributed by atoms with Crippen LogP contribution in [0.4, 0.5) is 0 Å². The van der Waals surface area contributed by atoms with Crippen LogP contribution in [0.3, 0.4) is 0 Å². The van der Waals surface area contributed by atoms with Crippen molar-refractivity contribution in [2.24, 2.45) is 0 Å². The Morgan fingerprint density at radius 3 is 0.583 bits per heavy atom. The molecule has 2 aliphatic heterocycles. The average Bonchev–Trinajstić information content (AvgIpc) is 3.77. The second kappa shape index (κ2) is 31.6. The van der Waals surface area contributed by atoms with Crippen molar-refractivity contribution in [2.75, 3.05) is 52.4 Å². The lowest BCUT2D eigenvalue weighted by atomic mass is 10.0. The lowest BCUT2D eigenvalue weighted by molar-refractivity contribution is -0.917. The highest BCUT2D eigenvalue weighted by Crippen LogP contribution is 2.25. The number of likely N-dealkylation sites (tertiary alicyclic amines) is 2. The van der Waals surface area contributed by atoms with Crippen LogP contribution in [0, 0.1) is 0 Å². The lowest BCUT2D eigenvalue weighted by Crippen LogP contribution is -2.46. The SMILES string of the molecule is CCCCCCCCCCCC[N+]1(CCCCCCCCCCCCCC[N+]2(CCCCCCCCCCCC)CCCC2)CCCC1. The number of quaternary nitrogens is 2. The minimum absolute atomic E-state index is 1.37. The predicted molar refractivity (Wildman–Crippen MR) is 217 cm³/mol. The highest BCUT2D eigenvalue weighted by atomic mass is 15.4. The quantitative estimate of drug-likeness (QED) is 0.0454. The Hall–Kier alpha value is -0.0800. The van der Waals surface area contributed by atoms with E-state index in [4.69, 9.17) is 0 Å². The molecule has 0 saturated carbocycles. The van der Waals surface area contributed by atoms with E-state index in [-0.39, 0.29) is 0 Å². The molecule has 2 heterocycles. The van der Waals surface area contributed by atoms with Crippen molar-refractivity contribution in [3.63, 3.8) is 0 Å². The van der Waals surface area contributed by atoms with Crippen molar-refractivity contribution in [1.82, 2.24) is 0 Å². The average molecular weight is 675 g/mol. The van der Waals surface area contributed by atoms with Gasteiger partial charge in [-0.05, 0) is 51.4 Å². The van der Waals surface area contributed by atoms with Gasteiger partial charge < -0.3 is 8.97 Å². The molecule has 0 aromatic carbocycles. The van der Waals surface area contributed by atoms with E-state index in [0.717, 1.165) is 0 Å². The summed E-state index contributed by atoms with van der Waals surface area (Å²) in [6.07, 6.45) is 53.4. The van der Waals surface area contributed by atoms with Gasteiger partial charge >= 0.3 is 0 Å². The molecule has 2 fully saturated rings. The molecular weight excluding hydrogens is 581 g/mol. The predicted octanol–water partition coefficient (Wildman–Crippen LogP) is 14.7. The fraction of sp³-hybridized carbons (Fsp3) is 1.00. The summed E-state index contributed by atoms with van der Waals surface area (Å²) in [7, 11) is 0. The van der Waals surface area contributed by atoms with E-state index in [9.17, 15) is 0 Å². The second-order valence-electron chi connectivity index (χ2n) is 17.5. The summed E-state index contributed by atoms with van der Waals surface area (Å²) in [5.74, 6) is 0. The van der Waals surface area contributed by atoms with E-state index in [1.54, 1.807) is 0 Å². The maximum absolute atomic E-state index is 2.32. The minimum Gasteiger partial charge on any atom is -0.324 e. The maximum atomic E-state index is 2.32. The van der Waals surface area contributed by atoms with E-state index >= 15 is 0 Å². The van der Waals surface area contributed by atoms with Crippen molar-refractivity contribution in [3.8, 4) is 0 Å². The zero-order valence-electron chi connectivity index (χ0n) is 34.0. The topological polar surface area (TPSA) is 0 Å². The summed E-state index contributed by atoms with van der Waals surface area (Å²) in [6, 6.07) is 0. The van der Waals surface area contributed by atoms with E-state index in [0.29, 0.717) is 0 Å². The number of unbranched alkanes of at least 4 members (excludes halogenated alkanes) is 29. The molecular formula is C46H94N2+2. The highest BCUT2D eigenvalue weighted by Gasteiger charge is 2.31. The third-order valence-corrected chi connectivity index (χ3v) is 13.0. The molecule has 0 radical (unpaired) electrons. The van der Waals surface area contributed by atoms with Gasteiger partial charge in [-0.15, -0.1) is 0 Å². The molecule has 0 amide bonds. The third kappa shape index (κ3) is 23.4. The van der Waals surface area contributed by atoms with Crippen LogP contribution >= 0.6 is 0 Å². The van der Waals surface area contributed by atoms with Crippen molar-refractivity contribution in [2.45, 2.75) is 245 Å². The molecule has 48 heavy (non-hydrogen) atoms. The minimum atomic E-state index is 1.37. The summed E-state index contributed by atoms with van der Waals surface area (Å²) < 4.78 is 2.99. The van der Waals surface area contributed by atoms with Crippen LogP contribution in [0.15, 0.2) is 0 Å². The molecule has 286 valence electrons. The van der Waals surface area contributed by atoms with Gasteiger partial charge in [0.2, 0.25) is 0 Å². The smallest absolute Gasteiger partial charge is 0.0788 e. The molecule has 0 aromatic heterocycles. The summed E-state index contributed by atoms with van der Waals surface area (Å²) >= 11 is 0. The Bertz CT molecular complexity index is 590. The molecule has 0 aliphatic carbocycles. The zero-order chi connectivity index (χ0) is 34.1. The van der Waals surface area contributed by atoms with Crippen LogP contribution in [0.2, 0.25) is 0 Å². The second-order valence-corrected chi connectivity index (χ2v) is 17.5.